The second kappa shape index (κ2) is 5.96. The van der Waals surface area contributed by atoms with Gasteiger partial charge in [0.15, 0.2) is 0 Å². The van der Waals surface area contributed by atoms with Gasteiger partial charge in [0, 0.05) is 12.6 Å². The summed E-state index contributed by atoms with van der Waals surface area (Å²) >= 11 is 0. The van der Waals surface area contributed by atoms with E-state index in [2.05, 4.69) is 20.8 Å². The van der Waals surface area contributed by atoms with Crippen molar-refractivity contribution in [3.63, 3.8) is 0 Å². The van der Waals surface area contributed by atoms with E-state index in [0.717, 1.165) is 0 Å². The molecule has 1 atom stereocenters. The third-order valence-electron chi connectivity index (χ3n) is 3.38. The van der Waals surface area contributed by atoms with Gasteiger partial charge in [0.05, 0.1) is 5.56 Å². The van der Waals surface area contributed by atoms with E-state index in [1.807, 2.05) is 11.9 Å². The van der Waals surface area contributed by atoms with E-state index in [-0.39, 0.29) is 5.56 Å². The van der Waals surface area contributed by atoms with E-state index in [4.69, 9.17) is 5.11 Å². The molecule has 100 valence electrons. The summed E-state index contributed by atoms with van der Waals surface area (Å²) in [7, 11) is 1.92. The van der Waals surface area contributed by atoms with Gasteiger partial charge in [0.1, 0.15) is 5.82 Å². The van der Waals surface area contributed by atoms with Crippen LogP contribution < -0.4 is 0 Å². The number of halogens is 1. The van der Waals surface area contributed by atoms with Gasteiger partial charge in [0.2, 0.25) is 0 Å². The van der Waals surface area contributed by atoms with Crippen LogP contribution in [-0.4, -0.2) is 29.1 Å². The first-order valence-electron chi connectivity index (χ1n) is 6.05. The lowest BCUT2D eigenvalue weighted by molar-refractivity contribution is 0.0694. The quantitative estimate of drug-likeness (QED) is 0.877. The average Bonchev–Trinajstić information content (AvgIpc) is 2.27. The molecule has 0 radical (unpaired) electrons. The second-order valence-corrected chi connectivity index (χ2v) is 5.01. The molecule has 1 aromatic carbocycles. The maximum absolute atomic E-state index is 13.2. The first-order chi connectivity index (χ1) is 8.32. The molecule has 0 aliphatic heterocycles. The van der Waals surface area contributed by atoms with Crippen LogP contribution in [0.1, 0.15) is 36.7 Å². The van der Waals surface area contributed by atoms with Crippen molar-refractivity contribution < 1.29 is 14.3 Å². The first kappa shape index (κ1) is 14.6. The topological polar surface area (TPSA) is 40.5 Å². The molecule has 4 heteroatoms. The van der Waals surface area contributed by atoms with Crippen LogP contribution in [0.15, 0.2) is 18.2 Å². The van der Waals surface area contributed by atoms with Gasteiger partial charge < -0.3 is 5.11 Å². The van der Waals surface area contributed by atoms with Crippen molar-refractivity contribution in [1.29, 1.82) is 0 Å². The highest BCUT2D eigenvalue weighted by Gasteiger charge is 2.17. The minimum absolute atomic E-state index is 0.166. The molecule has 0 spiro atoms. The SMILES string of the molecule is CC(C)C(C)N(C)Cc1cc(F)ccc1C(=O)O. The summed E-state index contributed by atoms with van der Waals surface area (Å²) in [4.78, 5) is 13.1. The van der Waals surface area contributed by atoms with E-state index in [1.54, 1.807) is 0 Å². The van der Waals surface area contributed by atoms with Crippen molar-refractivity contribution in [3.05, 3.63) is 35.1 Å². The molecule has 1 aromatic rings. The molecule has 18 heavy (non-hydrogen) atoms. The van der Waals surface area contributed by atoms with Crippen molar-refractivity contribution in [1.82, 2.24) is 4.90 Å². The number of carboxylic acids is 1. The van der Waals surface area contributed by atoms with Gasteiger partial charge in [-0.3, -0.25) is 4.90 Å². The molecule has 0 fully saturated rings. The highest BCUT2D eigenvalue weighted by Crippen LogP contribution is 2.17. The first-order valence-corrected chi connectivity index (χ1v) is 6.05. The Bertz CT molecular complexity index is 432. The van der Waals surface area contributed by atoms with Gasteiger partial charge in [-0.25, -0.2) is 9.18 Å². The fourth-order valence-electron chi connectivity index (χ4n) is 1.82. The Morgan fingerprint density at radius 3 is 2.50 bits per heavy atom. The Morgan fingerprint density at radius 2 is 2.00 bits per heavy atom. The Labute approximate surface area is 107 Å². The lowest BCUT2D eigenvalue weighted by Crippen LogP contribution is -2.33. The van der Waals surface area contributed by atoms with Crippen LogP contribution in [0.4, 0.5) is 4.39 Å². The van der Waals surface area contributed by atoms with Crippen LogP contribution in [0, 0.1) is 11.7 Å². The molecule has 0 aliphatic carbocycles. The Balaban J connectivity index is 2.95. The van der Waals surface area contributed by atoms with Crippen LogP contribution in [0.25, 0.3) is 0 Å². The fraction of sp³-hybridized carbons (Fsp3) is 0.500. The third-order valence-corrected chi connectivity index (χ3v) is 3.38. The number of rotatable bonds is 5. The third kappa shape index (κ3) is 3.53. The molecule has 0 aromatic heterocycles. The van der Waals surface area contributed by atoms with Gasteiger partial charge in [-0.05, 0) is 43.7 Å². The molecule has 1 rings (SSSR count). The number of nitrogens with zero attached hydrogens (tertiary/aromatic N) is 1. The standard InChI is InChI=1S/C14H20FNO2/c1-9(2)10(3)16(4)8-11-7-12(15)5-6-13(11)14(17)18/h5-7,9-10H,8H2,1-4H3,(H,17,18). The lowest BCUT2D eigenvalue weighted by atomic mass is 10.0. The molecule has 0 heterocycles. The number of carbonyl (C=O) groups is 1. The zero-order valence-corrected chi connectivity index (χ0v) is 11.3. The summed E-state index contributed by atoms with van der Waals surface area (Å²) in [6.45, 7) is 6.71. The number of hydrogen-bond donors (Lipinski definition) is 1. The minimum atomic E-state index is -1.02. The van der Waals surface area contributed by atoms with Crippen molar-refractivity contribution >= 4 is 5.97 Å². The molecule has 1 unspecified atom stereocenters. The fourth-order valence-corrected chi connectivity index (χ4v) is 1.82. The van der Waals surface area contributed by atoms with E-state index < -0.39 is 11.8 Å². The van der Waals surface area contributed by atoms with Crippen molar-refractivity contribution in [2.45, 2.75) is 33.4 Å². The zero-order chi connectivity index (χ0) is 13.9. The summed E-state index contributed by atoms with van der Waals surface area (Å²) in [6.07, 6.45) is 0. The van der Waals surface area contributed by atoms with E-state index in [0.29, 0.717) is 24.1 Å². The number of hydrogen-bond acceptors (Lipinski definition) is 2. The molecule has 3 nitrogen and oxygen atoms in total. The smallest absolute Gasteiger partial charge is 0.336 e. The van der Waals surface area contributed by atoms with Crippen LogP contribution >= 0.6 is 0 Å². The molecular weight excluding hydrogens is 233 g/mol. The second-order valence-electron chi connectivity index (χ2n) is 5.01. The van der Waals surface area contributed by atoms with Crippen LogP contribution in [0.5, 0.6) is 0 Å². The van der Waals surface area contributed by atoms with Crippen molar-refractivity contribution in [2.75, 3.05) is 7.05 Å². The van der Waals surface area contributed by atoms with Crippen LogP contribution in [0.2, 0.25) is 0 Å². The number of carboxylic acid groups (broad SMARTS) is 1. The number of benzene rings is 1. The van der Waals surface area contributed by atoms with Gasteiger partial charge in [-0.2, -0.15) is 0 Å². The maximum Gasteiger partial charge on any atom is 0.336 e. The summed E-state index contributed by atoms with van der Waals surface area (Å²) in [5, 5.41) is 9.08. The van der Waals surface area contributed by atoms with E-state index in [9.17, 15) is 9.18 Å². The van der Waals surface area contributed by atoms with Gasteiger partial charge in [-0.15, -0.1) is 0 Å². The monoisotopic (exact) mass is 253 g/mol. The molecule has 0 bridgehead atoms. The normalized spacial score (nSPS) is 13.1. The molecule has 0 amide bonds. The molecular formula is C14H20FNO2. The van der Waals surface area contributed by atoms with Gasteiger partial charge >= 0.3 is 5.97 Å². The van der Waals surface area contributed by atoms with Crippen LogP contribution in [0.3, 0.4) is 0 Å². The van der Waals surface area contributed by atoms with Crippen LogP contribution in [-0.2, 0) is 6.54 Å². The molecule has 0 saturated heterocycles. The molecule has 1 N–H and O–H groups in total. The summed E-state index contributed by atoms with van der Waals surface area (Å²) < 4.78 is 13.2. The van der Waals surface area contributed by atoms with Gasteiger partial charge in [0.25, 0.3) is 0 Å². The highest BCUT2D eigenvalue weighted by molar-refractivity contribution is 5.89. The summed E-state index contributed by atoms with van der Waals surface area (Å²) in [5.41, 5.74) is 0.678. The lowest BCUT2D eigenvalue weighted by Gasteiger charge is -2.28. The number of aromatic carboxylic acids is 1. The Hall–Kier alpha value is -1.42. The summed E-state index contributed by atoms with van der Waals surface area (Å²) in [6, 6.07) is 4.10. The Kier molecular flexibility index (Phi) is 4.84. The molecule has 0 saturated carbocycles. The minimum Gasteiger partial charge on any atom is -0.478 e. The predicted octanol–water partition coefficient (Wildman–Crippen LogP) is 3.00. The van der Waals surface area contributed by atoms with E-state index >= 15 is 0 Å². The summed E-state index contributed by atoms with van der Waals surface area (Å²) in [5.74, 6) is -0.965. The van der Waals surface area contributed by atoms with Crippen molar-refractivity contribution in [2.24, 2.45) is 5.92 Å². The van der Waals surface area contributed by atoms with Crippen molar-refractivity contribution in [3.8, 4) is 0 Å². The van der Waals surface area contributed by atoms with E-state index in [1.165, 1.54) is 18.2 Å². The van der Waals surface area contributed by atoms with Gasteiger partial charge in [-0.1, -0.05) is 13.8 Å². The maximum atomic E-state index is 13.2. The predicted molar refractivity (Wildman–Crippen MR) is 69.1 cm³/mol. The Morgan fingerprint density at radius 1 is 1.39 bits per heavy atom. The highest BCUT2D eigenvalue weighted by atomic mass is 19.1. The average molecular weight is 253 g/mol. The molecule has 0 aliphatic rings. The largest absolute Gasteiger partial charge is 0.478 e. The zero-order valence-electron chi connectivity index (χ0n) is 11.3.